The van der Waals surface area contributed by atoms with Crippen LogP contribution in [0.4, 0.5) is 0 Å². The summed E-state index contributed by atoms with van der Waals surface area (Å²) in [6.07, 6.45) is 0.695. The molecule has 0 spiro atoms. The molecule has 76 valence electrons. The number of aromatic amines is 1. The van der Waals surface area contributed by atoms with E-state index in [1.54, 1.807) is 12.1 Å². The van der Waals surface area contributed by atoms with Crippen molar-refractivity contribution in [2.75, 3.05) is 0 Å². The molecule has 0 aliphatic rings. The molecule has 5 nitrogen and oxygen atoms in total. The van der Waals surface area contributed by atoms with E-state index in [2.05, 4.69) is 9.79 Å². The molecule has 2 rings (SSSR count). The Balaban J connectivity index is 2.54. The Morgan fingerprint density at radius 1 is 1.33 bits per heavy atom. The van der Waals surface area contributed by atoms with E-state index in [0.29, 0.717) is 6.29 Å². The van der Waals surface area contributed by atoms with Gasteiger partial charge < -0.3 is 4.79 Å². The minimum absolute atomic E-state index is 0.0285. The van der Waals surface area contributed by atoms with E-state index in [1.807, 2.05) is 18.2 Å². The zero-order valence-electron chi connectivity index (χ0n) is 7.84. The third kappa shape index (κ3) is 1.71. The highest BCUT2D eigenvalue weighted by Gasteiger charge is 2.21. The zero-order valence-corrected chi connectivity index (χ0v) is 7.84. The highest BCUT2D eigenvalue weighted by atomic mass is 16.5. The zero-order chi connectivity index (χ0) is 10.7. The Bertz CT molecular complexity index is 513. The van der Waals surface area contributed by atoms with E-state index in [0.717, 1.165) is 5.69 Å². The number of carbonyl (C=O) groups is 1. The van der Waals surface area contributed by atoms with Gasteiger partial charge in [0.25, 0.3) is 0 Å². The summed E-state index contributed by atoms with van der Waals surface area (Å²) >= 11 is 0. The van der Waals surface area contributed by atoms with Crippen LogP contribution in [0.25, 0.3) is 5.69 Å². The summed E-state index contributed by atoms with van der Waals surface area (Å²) in [5.41, 5.74) is 0.516. The number of H-pyrrole nitrogens is 1. The quantitative estimate of drug-likeness (QED) is 0.566. The number of rotatable bonds is 3. The van der Waals surface area contributed by atoms with Crippen molar-refractivity contribution in [2.24, 2.45) is 0 Å². The summed E-state index contributed by atoms with van der Waals surface area (Å²) in [7, 11) is 0. The van der Waals surface area contributed by atoms with Crippen molar-refractivity contribution in [2.45, 2.75) is 6.42 Å². The van der Waals surface area contributed by atoms with Crippen LogP contribution in [-0.2, 0) is 11.2 Å². The largest absolute Gasteiger partial charge is 0.430 e. The van der Waals surface area contributed by atoms with Crippen molar-refractivity contribution in [1.82, 2.24) is 5.27 Å². The van der Waals surface area contributed by atoms with Gasteiger partial charge in [0.1, 0.15) is 6.29 Å². The minimum atomic E-state index is -0.522. The lowest BCUT2D eigenvalue weighted by Crippen LogP contribution is -2.38. The van der Waals surface area contributed by atoms with Gasteiger partial charge in [-0.05, 0) is 9.95 Å². The Morgan fingerprint density at radius 2 is 2.07 bits per heavy atom. The lowest BCUT2D eigenvalue weighted by molar-refractivity contribution is -0.676. The van der Waals surface area contributed by atoms with Crippen molar-refractivity contribution in [3.63, 3.8) is 0 Å². The maximum atomic E-state index is 11.2. The molecular weight excluding hydrogens is 196 g/mol. The predicted molar refractivity (Wildman–Crippen MR) is 50.6 cm³/mol. The Hall–Kier alpha value is -2.17. The maximum absolute atomic E-state index is 11.2. The highest BCUT2D eigenvalue weighted by Crippen LogP contribution is 1.97. The summed E-state index contributed by atoms with van der Waals surface area (Å²) in [4.78, 5) is 21.6. The van der Waals surface area contributed by atoms with Gasteiger partial charge in [0.2, 0.25) is 5.69 Å². The van der Waals surface area contributed by atoms with Crippen LogP contribution < -0.4 is 10.3 Å². The number of nitrogens with zero attached hydrogens (tertiary/aromatic N) is 1. The normalized spacial score (nSPS) is 10.1. The molecule has 0 saturated carbocycles. The van der Waals surface area contributed by atoms with Gasteiger partial charge >= 0.3 is 11.3 Å². The van der Waals surface area contributed by atoms with Crippen molar-refractivity contribution in [1.29, 1.82) is 0 Å². The summed E-state index contributed by atoms with van der Waals surface area (Å²) in [5, 5.41) is 2.45. The number of para-hydroxylation sites is 1. The summed E-state index contributed by atoms with van der Waals surface area (Å²) in [5.74, 6) is 0. The number of benzene rings is 1. The fraction of sp³-hybridized carbons (Fsp3) is 0.100. The van der Waals surface area contributed by atoms with E-state index in [1.165, 1.54) is 4.68 Å². The van der Waals surface area contributed by atoms with E-state index in [4.69, 9.17) is 0 Å². The minimum Gasteiger partial charge on any atom is -0.303 e. The average Bonchev–Trinajstić information content (AvgIpc) is 2.63. The number of carbonyl (C=O) groups excluding carboxylic acids is 1. The number of nitrogens with one attached hydrogen (secondary N) is 1. The van der Waals surface area contributed by atoms with Gasteiger partial charge in [-0.2, -0.15) is 0 Å². The van der Waals surface area contributed by atoms with Gasteiger partial charge in [0.15, 0.2) is 0 Å². The molecule has 15 heavy (non-hydrogen) atoms. The van der Waals surface area contributed by atoms with Crippen molar-refractivity contribution in [3.05, 3.63) is 46.4 Å². The fourth-order valence-electron chi connectivity index (χ4n) is 1.33. The smallest absolute Gasteiger partial charge is 0.303 e. The second-order valence-corrected chi connectivity index (χ2v) is 2.97. The molecule has 1 heterocycles. The Labute approximate surface area is 84.9 Å². The second kappa shape index (κ2) is 3.91. The van der Waals surface area contributed by atoms with Crippen molar-refractivity contribution in [3.8, 4) is 5.69 Å². The molecule has 1 N–H and O–H groups in total. The van der Waals surface area contributed by atoms with Gasteiger partial charge in [0, 0.05) is 12.1 Å². The van der Waals surface area contributed by atoms with Crippen molar-refractivity contribution < 1.29 is 14.0 Å². The number of aldehydes is 1. The van der Waals surface area contributed by atoms with Crippen molar-refractivity contribution >= 4 is 6.29 Å². The first kappa shape index (κ1) is 9.39. The molecule has 1 aromatic carbocycles. The molecule has 0 radical (unpaired) electrons. The summed E-state index contributed by atoms with van der Waals surface area (Å²) in [6.45, 7) is 0. The number of hydrogen-bond donors (Lipinski definition) is 1. The number of aromatic nitrogens is 2. The fourth-order valence-corrected chi connectivity index (χ4v) is 1.33. The number of hydrogen-bond acceptors (Lipinski definition) is 3. The molecule has 0 aliphatic carbocycles. The van der Waals surface area contributed by atoms with Gasteiger partial charge in [-0.1, -0.05) is 18.2 Å². The van der Waals surface area contributed by atoms with Crippen LogP contribution in [0.5, 0.6) is 0 Å². The molecule has 0 saturated heterocycles. The average molecular weight is 205 g/mol. The van der Waals surface area contributed by atoms with Crippen LogP contribution in [0.1, 0.15) is 5.69 Å². The summed E-state index contributed by atoms with van der Waals surface area (Å²) < 4.78 is 6.08. The van der Waals surface area contributed by atoms with Crippen LogP contribution in [0.3, 0.4) is 0 Å². The van der Waals surface area contributed by atoms with Gasteiger partial charge in [-0.25, -0.2) is 4.79 Å². The van der Waals surface area contributed by atoms with Gasteiger partial charge in [-0.15, -0.1) is 0 Å². The maximum Gasteiger partial charge on any atom is 0.430 e. The van der Waals surface area contributed by atoms with Crippen LogP contribution in [0.2, 0.25) is 0 Å². The third-order valence-corrected chi connectivity index (χ3v) is 2.03. The molecule has 2 aromatic rings. The van der Waals surface area contributed by atoms with E-state index >= 15 is 0 Å². The molecule has 1 aromatic heterocycles. The molecule has 0 unspecified atom stereocenters. The Kier molecular flexibility index (Phi) is 2.45. The lowest BCUT2D eigenvalue weighted by atomic mass is 10.3. The van der Waals surface area contributed by atoms with Gasteiger partial charge in [-0.3, -0.25) is 4.52 Å². The molecule has 0 aliphatic heterocycles. The Morgan fingerprint density at radius 3 is 2.73 bits per heavy atom. The molecule has 5 heteroatoms. The molecule has 0 bridgehead atoms. The van der Waals surface area contributed by atoms with Gasteiger partial charge in [0.05, 0.1) is 6.42 Å². The van der Waals surface area contributed by atoms with E-state index in [9.17, 15) is 9.59 Å². The SMILES string of the molecule is O=CCc1c(=O)o[nH][n+]1-c1ccccc1. The first-order valence-electron chi connectivity index (χ1n) is 4.44. The lowest BCUT2D eigenvalue weighted by Gasteiger charge is -1.89. The molecule has 0 amide bonds. The van der Waals surface area contributed by atoms with E-state index < -0.39 is 5.63 Å². The standard InChI is InChI=1S/C10H8N2O3/c13-7-6-9-10(14)15-11-12(9)8-4-2-1-3-5-8/h1-5,7H,6H2/p+1. The monoisotopic (exact) mass is 205 g/mol. The third-order valence-electron chi connectivity index (χ3n) is 2.03. The predicted octanol–water partition coefficient (Wildman–Crippen LogP) is -0.0140. The molecule has 0 atom stereocenters. The van der Waals surface area contributed by atoms with Crippen LogP contribution in [-0.4, -0.2) is 11.6 Å². The molecular formula is C10H9N2O3+. The molecule has 0 fully saturated rings. The van der Waals surface area contributed by atoms with Crippen LogP contribution in [0.15, 0.2) is 39.6 Å². The summed E-state index contributed by atoms with van der Waals surface area (Å²) in [6, 6.07) is 9.14. The first-order chi connectivity index (χ1) is 7.33. The second-order valence-electron chi connectivity index (χ2n) is 2.97. The van der Waals surface area contributed by atoms with Crippen LogP contribution >= 0.6 is 0 Å². The topological polar surface area (TPSA) is 67.0 Å². The van der Waals surface area contributed by atoms with Crippen LogP contribution in [0, 0.1) is 0 Å². The first-order valence-corrected chi connectivity index (χ1v) is 4.44. The van der Waals surface area contributed by atoms with E-state index in [-0.39, 0.29) is 12.1 Å². The highest BCUT2D eigenvalue weighted by molar-refractivity contribution is 5.52.